The summed E-state index contributed by atoms with van der Waals surface area (Å²) in [5.41, 5.74) is 2.13. The number of carbonyl (C=O) groups excluding carboxylic acids is 1. The van der Waals surface area contributed by atoms with Crippen LogP contribution in [-0.4, -0.2) is 40.0 Å². The number of carbonyl (C=O) groups is 1. The second kappa shape index (κ2) is 6.74. The van der Waals surface area contributed by atoms with E-state index in [0.717, 1.165) is 63.1 Å². The summed E-state index contributed by atoms with van der Waals surface area (Å²) in [6, 6.07) is 8.15. The number of aromatic nitrogens is 2. The van der Waals surface area contributed by atoms with E-state index in [0.29, 0.717) is 13.2 Å². The first-order valence-electron chi connectivity index (χ1n) is 9.83. The van der Waals surface area contributed by atoms with Crippen LogP contribution < -0.4 is 9.47 Å². The molecule has 1 fully saturated rings. The molecule has 4 aromatic rings. The van der Waals surface area contributed by atoms with Gasteiger partial charge in [-0.15, -0.1) is 22.7 Å². The minimum atomic E-state index is 0.0675. The first-order chi connectivity index (χ1) is 14.3. The quantitative estimate of drug-likeness (QED) is 0.465. The number of benzene rings is 1. The molecule has 3 aromatic heterocycles. The van der Waals surface area contributed by atoms with E-state index in [9.17, 15) is 4.79 Å². The molecule has 1 aromatic carbocycles. The van der Waals surface area contributed by atoms with E-state index >= 15 is 0 Å². The van der Waals surface area contributed by atoms with Gasteiger partial charge in [-0.1, -0.05) is 6.07 Å². The molecule has 1 atom stereocenters. The molecule has 1 saturated heterocycles. The fourth-order valence-electron chi connectivity index (χ4n) is 4.24. The molecule has 8 heteroatoms. The summed E-state index contributed by atoms with van der Waals surface area (Å²) in [5.74, 6) is 1.67. The number of fused-ring (bicyclic) bond motifs is 4. The lowest BCUT2D eigenvalue weighted by atomic mass is 10.0. The number of ether oxygens (including phenoxy) is 2. The van der Waals surface area contributed by atoms with Gasteiger partial charge in [0.2, 0.25) is 0 Å². The zero-order valence-electron chi connectivity index (χ0n) is 15.7. The van der Waals surface area contributed by atoms with Crippen LogP contribution >= 0.6 is 22.7 Å². The summed E-state index contributed by atoms with van der Waals surface area (Å²) in [4.78, 5) is 22.6. The van der Waals surface area contributed by atoms with Gasteiger partial charge in [0.1, 0.15) is 4.83 Å². The SMILES string of the molecule is O=C(c1cc2c(nc3sccn32)s1)N1CCCC1c1ccc2c(c1)OCCCO2. The van der Waals surface area contributed by atoms with Gasteiger partial charge in [0, 0.05) is 24.5 Å². The molecule has 0 bridgehead atoms. The van der Waals surface area contributed by atoms with Crippen LogP contribution in [0.1, 0.15) is 40.5 Å². The summed E-state index contributed by atoms with van der Waals surface area (Å²) >= 11 is 3.09. The summed E-state index contributed by atoms with van der Waals surface area (Å²) in [6.07, 6.45) is 4.86. The Morgan fingerprint density at radius 1 is 1.14 bits per heavy atom. The third-order valence-corrected chi connectivity index (χ3v) is 7.38. The lowest BCUT2D eigenvalue weighted by molar-refractivity contribution is 0.0740. The summed E-state index contributed by atoms with van der Waals surface area (Å²) in [5, 5.41) is 2.02. The zero-order valence-corrected chi connectivity index (χ0v) is 17.3. The van der Waals surface area contributed by atoms with Gasteiger partial charge in [0.15, 0.2) is 16.5 Å². The van der Waals surface area contributed by atoms with Gasteiger partial charge in [0.25, 0.3) is 5.91 Å². The maximum atomic E-state index is 13.4. The van der Waals surface area contributed by atoms with Crippen LogP contribution in [-0.2, 0) is 0 Å². The van der Waals surface area contributed by atoms with Crippen molar-refractivity contribution >= 4 is 43.9 Å². The topological polar surface area (TPSA) is 56.1 Å². The Kier molecular flexibility index (Phi) is 4.02. The molecule has 29 heavy (non-hydrogen) atoms. The molecule has 6 rings (SSSR count). The number of thiophene rings is 1. The average Bonchev–Trinajstić information content (AvgIpc) is 3.47. The molecule has 0 spiro atoms. The van der Waals surface area contributed by atoms with Crippen molar-refractivity contribution in [3.05, 3.63) is 46.3 Å². The number of amides is 1. The maximum Gasteiger partial charge on any atom is 0.264 e. The first-order valence-corrected chi connectivity index (χ1v) is 11.5. The van der Waals surface area contributed by atoms with Crippen LogP contribution in [0.25, 0.3) is 15.3 Å². The highest BCUT2D eigenvalue weighted by atomic mass is 32.1. The molecule has 2 aliphatic rings. The fraction of sp³-hybridized carbons (Fsp3) is 0.333. The van der Waals surface area contributed by atoms with Crippen molar-refractivity contribution in [1.29, 1.82) is 0 Å². The number of hydrogen-bond acceptors (Lipinski definition) is 6. The van der Waals surface area contributed by atoms with Gasteiger partial charge in [-0.05, 0) is 36.6 Å². The zero-order chi connectivity index (χ0) is 19.4. The lowest BCUT2D eigenvalue weighted by Crippen LogP contribution is -2.30. The van der Waals surface area contributed by atoms with Crippen molar-refractivity contribution in [2.45, 2.75) is 25.3 Å². The predicted octanol–water partition coefficient (Wildman–Crippen LogP) is 4.75. The Balaban J connectivity index is 1.32. The number of nitrogens with zero attached hydrogens (tertiary/aromatic N) is 3. The molecule has 2 aliphatic heterocycles. The number of rotatable bonds is 2. The first kappa shape index (κ1) is 17.3. The maximum absolute atomic E-state index is 13.4. The molecule has 148 valence electrons. The van der Waals surface area contributed by atoms with E-state index in [-0.39, 0.29) is 11.9 Å². The largest absolute Gasteiger partial charge is 0.490 e. The average molecular weight is 426 g/mol. The molecule has 1 unspecified atom stereocenters. The van der Waals surface area contributed by atoms with E-state index in [4.69, 9.17) is 9.47 Å². The Labute approximate surface area is 175 Å². The molecular formula is C21H19N3O3S2. The minimum absolute atomic E-state index is 0.0675. The van der Waals surface area contributed by atoms with Crippen LogP contribution in [0, 0.1) is 0 Å². The van der Waals surface area contributed by atoms with E-state index < -0.39 is 0 Å². The lowest BCUT2D eigenvalue weighted by Gasteiger charge is -2.25. The molecule has 0 radical (unpaired) electrons. The molecule has 0 saturated carbocycles. The number of thiazole rings is 1. The van der Waals surface area contributed by atoms with E-state index in [1.807, 2.05) is 34.7 Å². The highest BCUT2D eigenvalue weighted by Crippen LogP contribution is 2.39. The van der Waals surface area contributed by atoms with Gasteiger partial charge in [-0.3, -0.25) is 9.20 Å². The van der Waals surface area contributed by atoms with E-state index in [1.54, 1.807) is 11.3 Å². The van der Waals surface area contributed by atoms with Gasteiger partial charge in [0.05, 0.1) is 29.6 Å². The van der Waals surface area contributed by atoms with Gasteiger partial charge < -0.3 is 14.4 Å². The van der Waals surface area contributed by atoms with Crippen LogP contribution in [0.2, 0.25) is 0 Å². The Morgan fingerprint density at radius 2 is 2.03 bits per heavy atom. The van der Waals surface area contributed by atoms with Crippen molar-refractivity contribution in [2.75, 3.05) is 19.8 Å². The number of likely N-dealkylation sites (tertiary alicyclic amines) is 1. The third-order valence-electron chi connectivity index (χ3n) is 5.62. The highest BCUT2D eigenvalue weighted by Gasteiger charge is 2.32. The summed E-state index contributed by atoms with van der Waals surface area (Å²) < 4.78 is 13.7. The van der Waals surface area contributed by atoms with Crippen LogP contribution in [0.3, 0.4) is 0 Å². The Hall–Kier alpha value is -2.58. The van der Waals surface area contributed by atoms with E-state index in [1.165, 1.54) is 11.3 Å². The Morgan fingerprint density at radius 3 is 2.97 bits per heavy atom. The van der Waals surface area contributed by atoms with Crippen molar-refractivity contribution in [3.63, 3.8) is 0 Å². The van der Waals surface area contributed by atoms with Crippen LogP contribution in [0.4, 0.5) is 0 Å². The number of imidazole rings is 1. The van der Waals surface area contributed by atoms with Crippen LogP contribution in [0.5, 0.6) is 11.5 Å². The molecular weight excluding hydrogens is 406 g/mol. The fourth-order valence-corrected chi connectivity index (χ4v) is 5.99. The highest BCUT2D eigenvalue weighted by molar-refractivity contribution is 7.21. The monoisotopic (exact) mass is 425 g/mol. The van der Waals surface area contributed by atoms with E-state index in [2.05, 4.69) is 15.5 Å². The molecule has 1 amide bonds. The van der Waals surface area contributed by atoms with Crippen LogP contribution in [0.15, 0.2) is 35.8 Å². The summed E-state index contributed by atoms with van der Waals surface area (Å²) in [6.45, 7) is 2.11. The summed E-state index contributed by atoms with van der Waals surface area (Å²) in [7, 11) is 0. The smallest absolute Gasteiger partial charge is 0.264 e. The Bertz CT molecular complexity index is 1220. The molecule has 0 aliphatic carbocycles. The van der Waals surface area contributed by atoms with Gasteiger partial charge >= 0.3 is 0 Å². The van der Waals surface area contributed by atoms with Crippen molar-refractivity contribution in [2.24, 2.45) is 0 Å². The normalized spacial score (nSPS) is 19.2. The molecule has 5 heterocycles. The van der Waals surface area contributed by atoms with Gasteiger partial charge in [-0.25, -0.2) is 4.98 Å². The molecule has 6 nitrogen and oxygen atoms in total. The third kappa shape index (κ3) is 2.81. The van der Waals surface area contributed by atoms with Crippen molar-refractivity contribution in [1.82, 2.24) is 14.3 Å². The molecule has 0 N–H and O–H groups in total. The predicted molar refractivity (Wildman–Crippen MR) is 114 cm³/mol. The minimum Gasteiger partial charge on any atom is -0.490 e. The number of hydrogen-bond donors (Lipinski definition) is 0. The second-order valence-corrected chi connectivity index (χ2v) is 9.29. The van der Waals surface area contributed by atoms with Crippen molar-refractivity contribution < 1.29 is 14.3 Å². The van der Waals surface area contributed by atoms with Crippen molar-refractivity contribution in [3.8, 4) is 11.5 Å². The standard InChI is InChI=1S/C21H19N3O3S2/c25-20(18-12-15-19(29-18)22-21-24(15)7-10-28-21)23-6-1-3-14(23)13-4-5-16-17(11-13)27-9-2-8-26-16/h4-5,7,10-12,14H,1-3,6,8-9H2. The second-order valence-electron chi connectivity index (χ2n) is 7.38. The van der Waals surface area contributed by atoms with Gasteiger partial charge in [-0.2, -0.15) is 0 Å².